The number of benzene rings is 1. The standard InChI is InChI=1S/C24H33N3O4S/c1-27-13-15(23(31-14-28)20-8-4-3-5-10-25-20)11-17-16-7-6-9-19-22(16)18(12-21(17)27)24(26-19)32(2,29)30/h6-7,9,14-15,17,20-21,23,25-26H,3-5,8,10-13H2,1-2H3/t15?,17-,20?,21-,23?/m0/s1. The number of likely N-dealkylation sites (tertiary alicyclic amines) is 1. The van der Waals surface area contributed by atoms with Crippen LogP contribution in [0.3, 0.4) is 0 Å². The van der Waals surface area contributed by atoms with Crippen LogP contribution < -0.4 is 5.32 Å². The van der Waals surface area contributed by atoms with Crippen LogP contribution in [0.2, 0.25) is 0 Å². The number of carbonyl (C=O) groups is 1. The van der Waals surface area contributed by atoms with Crippen LogP contribution in [-0.4, -0.2) is 69.4 Å². The fourth-order valence-corrected chi connectivity index (χ4v) is 7.46. The van der Waals surface area contributed by atoms with Crippen LogP contribution in [0.25, 0.3) is 10.9 Å². The predicted molar refractivity (Wildman–Crippen MR) is 124 cm³/mol. The summed E-state index contributed by atoms with van der Waals surface area (Å²) < 4.78 is 30.7. The first kappa shape index (κ1) is 21.9. The zero-order valence-corrected chi connectivity index (χ0v) is 19.7. The first-order valence-corrected chi connectivity index (χ1v) is 13.6. The van der Waals surface area contributed by atoms with E-state index in [1.165, 1.54) is 24.7 Å². The number of nitrogens with zero attached hydrogens (tertiary/aromatic N) is 1. The van der Waals surface area contributed by atoms with Crippen molar-refractivity contribution in [2.45, 2.75) is 67.7 Å². The SMILES string of the molecule is CN1CC(C(OC=O)C2CCCCCN2)C[C@H]2c3cccc4[nH]c(S(C)(=O)=O)c(c34)C[C@@H]21. The summed E-state index contributed by atoms with van der Waals surface area (Å²) in [5, 5.41) is 5.06. The van der Waals surface area contributed by atoms with Crippen molar-refractivity contribution in [3.05, 3.63) is 29.3 Å². The van der Waals surface area contributed by atoms with E-state index in [-0.39, 0.29) is 30.0 Å². The van der Waals surface area contributed by atoms with Crippen LogP contribution in [0.5, 0.6) is 0 Å². The van der Waals surface area contributed by atoms with Crippen LogP contribution in [-0.2, 0) is 25.8 Å². The summed E-state index contributed by atoms with van der Waals surface area (Å²) in [4.78, 5) is 17.0. The highest BCUT2D eigenvalue weighted by Gasteiger charge is 2.45. The lowest BCUT2D eigenvalue weighted by Crippen LogP contribution is -2.54. The Morgan fingerprint density at radius 1 is 1.25 bits per heavy atom. The Morgan fingerprint density at radius 2 is 2.09 bits per heavy atom. The smallest absolute Gasteiger partial charge is 0.293 e. The predicted octanol–water partition coefficient (Wildman–Crippen LogP) is 2.61. The normalized spacial score (nSPS) is 29.8. The summed E-state index contributed by atoms with van der Waals surface area (Å²) in [7, 11) is -1.21. The number of nitrogens with one attached hydrogen (secondary N) is 2. The second-order valence-electron chi connectivity index (χ2n) is 9.89. The van der Waals surface area contributed by atoms with Gasteiger partial charge in [0, 0.05) is 47.6 Å². The summed E-state index contributed by atoms with van der Waals surface area (Å²) in [5.74, 6) is 0.508. The molecule has 32 heavy (non-hydrogen) atoms. The van der Waals surface area contributed by atoms with Crippen LogP contribution in [0.15, 0.2) is 23.2 Å². The molecule has 3 heterocycles. The van der Waals surface area contributed by atoms with Crippen molar-refractivity contribution >= 4 is 27.2 Å². The van der Waals surface area contributed by atoms with Gasteiger partial charge in [0.1, 0.15) is 11.1 Å². The van der Waals surface area contributed by atoms with Crippen molar-refractivity contribution in [1.82, 2.24) is 15.2 Å². The first-order valence-electron chi connectivity index (χ1n) is 11.7. The average Bonchev–Trinajstić information content (AvgIpc) is 2.94. The van der Waals surface area contributed by atoms with Crippen molar-refractivity contribution in [3.63, 3.8) is 0 Å². The Labute approximate surface area is 189 Å². The number of carbonyl (C=O) groups excluding carboxylic acids is 1. The van der Waals surface area contributed by atoms with Gasteiger partial charge in [-0.05, 0) is 56.5 Å². The summed E-state index contributed by atoms with van der Waals surface area (Å²) in [6.07, 6.45) is 7.35. The fraction of sp³-hybridized carbons (Fsp3) is 0.625. The molecule has 0 saturated carbocycles. The minimum Gasteiger partial charge on any atom is -0.463 e. The van der Waals surface area contributed by atoms with Gasteiger partial charge < -0.3 is 19.9 Å². The highest BCUT2D eigenvalue weighted by Crippen LogP contribution is 2.47. The third-order valence-electron chi connectivity index (χ3n) is 7.89. The number of aromatic amines is 1. The monoisotopic (exact) mass is 459 g/mol. The summed E-state index contributed by atoms with van der Waals surface area (Å²) in [5.41, 5.74) is 3.04. The molecule has 2 saturated heterocycles. The lowest BCUT2D eigenvalue weighted by molar-refractivity contribution is -0.140. The number of aromatic nitrogens is 1. The number of likely N-dealkylation sites (N-methyl/N-ethyl adjacent to an activating group) is 1. The van der Waals surface area contributed by atoms with Crippen molar-refractivity contribution in [3.8, 4) is 0 Å². The summed E-state index contributed by atoms with van der Waals surface area (Å²) >= 11 is 0. The number of piperidine rings is 1. The number of ether oxygens (including phenoxy) is 1. The fourth-order valence-electron chi connectivity index (χ4n) is 6.53. The third kappa shape index (κ3) is 3.76. The molecule has 1 aliphatic carbocycles. The maximum Gasteiger partial charge on any atom is 0.293 e. The number of hydrogen-bond donors (Lipinski definition) is 2. The molecule has 0 amide bonds. The van der Waals surface area contributed by atoms with E-state index >= 15 is 0 Å². The van der Waals surface area contributed by atoms with Gasteiger partial charge in [0.2, 0.25) is 0 Å². The van der Waals surface area contributed by atoms with E-state index in [1.54, 1.807) is 0 Å². The Balaban J connectivity index is 1.52. The van der Waals surface area contributed by atoms with E-state index in [0.29, 0.717) is 17.9 Å². The molecule has 1 aromatic heterocycles. The van der Waals surface area contributed by atoms with E-state index in [9.17, 15) is 13.2 Å². The lowest BCUT2D eigenvalue weighted by Gasteiger charge is -2.48. The molecular formula is C24H33N3O4S. The molecule has 174 valence electrons. The molecule has 3 aliphatic rings. The van der Waals surface area contributed by atoms with E-state index in [2.05, 4.69) is 28.3 Å². The second-order valence-corrected chi connectivity index (χ2v) is 11.8. The molecule has 7 nitrogen and oxygen atoms in total. The first-order chi connectivity index (χ1) is 15.4. The molecule has 1 aromatic carbocycles. The molecule has 5 atom stereocenters. The molecule has 3 unspecified atom stereocenters. The van der Waals surface area contributed by atoms with Crippen molar-refractivity contribution in [2.75, 3.05) is 26.4 Å². The molecule has 0 bridgehead atoms. The minimum atomic E-state index is -3.34. The number of H-pyrrole nitrogens is 1. The molecule has 8 heteroatoms. The van der Waals surface area contributed by atoms with Gasteiger partial charge in [0.15, 0.2) is 9.84 Å². The van der Waals surface area contributed by atoms with Crippen LogP contribution in [0.4, 0.5) is 0 Å². The van der Waals surface area contributed by atoms with Gasteiger partial charge in [-0.25, -0.2) is 8.42 Å². The Kier molecular flexibility index (Phi) is 5.80. The zero-order chi connectivity index (χ0) is 22.5. The van der Waals surface area contributed by atoms with E-state index < -0.39 is 9.84 Å². The number of hydrogen-bond acceptors (Lipinski definition) is 6. The van der Waals surface area contributed by atoms with Crippen LogP contribution in [0.1, 0.15) is 49.1 Å². The zero-order valence-electron chi connectivity index (χ0n) is 18.8. The van der Waals surface area contributed by atoms with Crippen LogP contribution in [0, 0.1) is 5.92 Å². The highest BCUT2D eigenvalue weighted by molar-refractivity contribution is 7.90. The molecular weight excluding hydrogens is 426 g/mol. The molecule has 2 aliphatic heterocycles. The number of rotatable bonds is 5. The van der Waals surface area contributed by atoms with Crippen LogP contribution >= 0.6 is 0 Å². The largest absolute Gasteiger partial charge is 0.463 e. The molecule has 0 spiro atoms. The number of fused-ring (bicyclic) bond motifs is 2. The van der Waals surface area contributed by atoms with Gasteiger partial charge in [-0.3, -0.25) is 4.79 Å². The summed E-state index contributed by atoms with van der Waals surface area (Å²) in [6.45, 7) is 2.42. The Hall–Kier alpha value is -1.90. The van der Waals surface area contributed by atoms with Gasteiger partial charge in [-0.15, -0.1) is 0 Å². The van der Waals surface area contributed by atoms with Crippen molar-refractivity contribution in [1.29, 1.82) is 0 Å². The topological polar surface area (TPSA) is 91.5 Å². The van der Waals surface area contributed by atoms with Gasteiger partial charge in [0.25, 0.3) is 6.47 Å². The maximum absolute atomic E-state index is 12.5. The van der Waals surface area contributed by atoms with Crippen molar-refractivity contribution in [2.24, 2.45) is 5.92 Å². The Bertz CT molecular complexity index is 1100. The van der Waals surface area contributed by atoms with Gasteiger partial charge >= 0.3 is 0 Å². The van der Waals surface area contributed by atoms with Gasteiger partial charge in [-0.1, -0.05) is 25.0 Å². The molecule has 2 N–H and O–H groups in total. The van der Waals surface area contributed by atoms with E-state index in [1.807, 2.05) is 12.1 Å². The lowest BCUT2D eigenvalue weighted by atomic mass is 9.70. The molecule has 2 fully saturated rings. The molecule has 0 radical (unpaired) electrons. The minimum absolute atomic E-state index is 0.146. The third-order valence-corrected chi connectivity index (χ3v) is 8.98. The second kappa shape index (κ2) is 8.47. The highest BCUT2D eigenvalue weighted by atomic mass is 32.2. The Morgan fingerprint density at radius 3 is 2.88 bits per heavy atom. The average molecular weight is 460 g/mol. The van der Waals surface area contributed by atoms with Gasteiger partial charge in [0.05, 0.1) is 0 Å². The summed E-state index contributed by atoms with van der Waals surface area (Å²) in [6, 6.07) is 6.56. The quantitative estimate of drug-likeness (QED) is 0.668. The maximum atomic E-state index is 12.5. The molecule has 2 aromatic rings. The van der Waals surface area contributed by atoms with E-state index in [4.69, 9.17) is 4.74 Å². The number of sulfone groups is 1. The van der Waals surface area contributed by atoms with E-state index in [0.717, 1.165) is 48.8 Å². The molecule has 5 rings (SSSR count). The van der Waals surface area contributed by atoms with Gasteiger partial charge in [-0.2, -0.15) is 0 Å². The van der Waals surface area contributed by atoms with Crippen molar-refractivity contribution < 1.29 is 17.9 Å².